The SMILES string of the molecule is CNC(c1ccc(Br)c(F)c1)c1cc(Cl)c(Br)s1. The molecular formula is C12H9Br2ClFNS. The molecule has 2 aromatic rings. The number of hydrogen-bond acceptors (Lipinski definition) is 2. The Kier molecular flexibility index (Phi) is 4.83. The second-order valence-electron chi connectivity index (χ2n) is 3.67. The van der Waals surface area contributed by atoms with Gasteiger partial charge in [0.2, 0.25) is 0 Å². The number of benzene rings is 1. The average Bonchev–Trinajstić information content (AvgIpc) is 2.65. The second-order valence-corrected chi connectivity index (χ2v) is 7.33. The van der Waals surface area contributed by atoms with Crippen LogP contribution in [0.15, 0.2) is 32.5 Å². The van der Waals surface area contributed by atoms with Crippen molar-refractivity contribution >= 4 is 54.8 Å². The number of hydrogen-bond donors (Lipinski definition) is 1. The molecule has 1 N–H and O–H groups in total. The zero-order valence-electron chi connectivity index (χ0n) is 9.31. The van der Waals surface area contributed by atoms with Crippen LogP contribution in [0.5, 0.6) is 0 Å². The molecule has 18 heavy (non-hydrogen) atoms. The summed E-state index contributed by atoms with van der Waals surface area (Å²) in [5.41, 5.74) is 0.864. The molecule has 1 atom stereocenters. The van der Waals surface area contributed by atoms with Crippen molar-refractivity contribution < 1.29 is 4.39 Å². The Labute approximate surface area is 131 Å². The summed E-state index contributed by atoms with van der Waals surface area (Å²) in [7, 11) is 1.84. The molecule has 0 radical (unpaired) electrons. The van der Waals surface area contributed by atoms with Crippen molar-refractivity contribution in [3.63, 3.8) is 0 Å². The van der Waals surface area contributed by atoms with Crippen molar-refractivity contribution in [3.05, 3.63) is 53.8 Å². The fourth-order valence-electron chi connectivity index (χ4n) is 1.67. The summed E-state index contributed by atoms with van der Waals surface area (Å²) in [6.07, 6.45) is 0. The van der Waals surface area contributed by atoms with E-state index in [-0.39, 0.29) is 11.9 Å². The van der Waals surface area contributed by atoms with E-state index in [1.165, 1.54) is 17.4 Å². The fraction of sp³-hybridized carbons (Fsp3) is 0.167. The minimum atomic E-state index is -0.269. The molecule has 0 bridgehead atoms. The molecule has 1 heterocycles. The molecule has 6 heteroatoms. The Bertz CT molecular complexity index is 554. The van der Waals surface area contributed by atoms with E-state index >= 15 is 0 Å². The van der Waals surface area contributed by atoms with Crippen molar-refractivity contribution in [2.24, 2.45) is 0 Å². The highest BCUT2D eigenvalue weighted by Crippen LogP contribution is 2.37. The van der Waals surface area contributed by atoms with Gasteiger partial charge in [0, 0.05) is 4.88 Å². The highest BCUT2D eigenvalue weighted by Gasteiger charge is 2.17. The van der Waals surface area contributed by atoms with Crippen LogP contribution in [0.2, 0.25) is 5.02 Å². The zero-order valence-corrected chi connectivity index (χ0v) is 14.1. The van der Waals surface area contributed by atoms with Gasteiger partial charge in [-0.2, -0.15) is 0 Å². The molecule has 0 aliphatic heterocycles. The lowest BCUT2D eigenvalue weighted by Crippen LogP contribution is -2.16. The third-order valence-corrected chi connectivity index (χ3v) is 5.70. The zero-order chi connectivity index (χ0) is 13.3. The minimum Gasteiger partial charge on any atom is -0.309 e. The van der Waals surface area contributed by atoms with Crippen LogP contribution in [0.1, 0.15) is 16.5 Å². The maximum atomic E-state index is 13.6. The van der Waals surface area contributed by atoms with Crippen molar-refractivity contribution in [1.29, 1.82) is 0 Å². The van der Waals surface area contributed by atoms with Crippen LogP contribution in [0.3, 0.4) is 0 Å². The molecule has 0 spiro atoms. The maximum absolute atomic E-state index is 13.6. The normalized spacial score (nSPS) is 12.7. The summed E-state index contributed by atoms with van der Waals surface area (Å²) in [4.78, 5) is 1.04. The molecule has 0 fully saturated rings. The molecule has 1 aromatic heterocycles. The molecule has 0 amide bonds. The van der Waals surface area contributed by atoms with E-state index < -0.39 is 0 Å². The summed E-state index contributed by atoms with van der Waals surface area (Å²) in [5.74, 6) is -0.269. The van der Waals surface area contributed by atoms with Gasteiger partial charge in [0.25, 0.3) is 0 Å². The molecule has 0 saturated heterocycles. The Morgan fingerprint density at radius 1 is 1.33 bits per heavy atom. The van der Waals surface area contributed by atoms with Gasteiger partial charge in [-0.15, -0.1) is 11.3 Å². The Balaban J connectivity index is 2.41. The van der Waals surface area contributed by atoms with E-state index in [1.807, 2.05) is 19.2 Å². The quantitative estimate of drug-likeness (QED) is 0.713. The van der Waals surface area contributed by atoms with E-state index in [0.717, 1.165) is 14.2 Å². The van der Waals surface area contributed by atoms with Crippen molar-refractivity contribution in [3.8, 4) is 0 Å². The second kappa shape index (κ2) is 6.01. The largest absolute Gasteiger partial charge is 0.309 e. The third-order valence-electron chi connectivity index (χ3n) is 2.51. The van der Waals surface area contributed by atoms with E-state index in [1.54, 1.807) is 6.07 Å². The van der Waals surface area contributed by atoms with Gasteiger partial charge in [0.05, 0.1) is 19.3 Å². The molecule has 0 saturated carbocycles. The van der Waals surface area contributed by atoms with Crippen LogP contribution >= 0.6 is 54.8 Å². The number of rotatable bonds is 3. The van der Waals surface area contributed by atoms with Gasteiger partial charge in [0.1, 0.15) is 5.82 Å². The monoisotopic (exact) mass is 411 g/mol. The third kappa shape index (κ3) is 2.96. The molecule has 1 unspecified atom stereocenters. The molecule has 1 nitrogen and oxygen atoms in total. The number of halogens is 4. The first-order valence-electron chi connectivity index (χ1n) is 5.10. The van der Waals surface area contributed by atoms with Gasteiger partial charge in [-0.25, -0.2) is 4.39 Å². The van der Waals surface area contributed by atoms with Gasteiger partial charge in [-0.3, -0.25) is 0 Å². The topological polar surface area (TPSA) is 12.0 Å². The van der Waals surface area contributed by atoms with Gasteiger partial charge in [-0.05, 0) is 62.7 Å². The van der Waals surface area contributed by atoms with Gasteiger partial charge < -0.3 is 5.32 Å². The van der Waals surface area contributed by atoms with Crippen LogP contribution in [0.25, 0.3) is 0 Å². The minimum absolute atomic E-state index is 0.0681. The highest BCUT2D eigenvalue weighted by atomic mass is 79.9. The lowest BCUT2D eigenvalue weighted by atomic mass is 10.1. The van der Waals surface area contributed by atoms with Crippen LogP contribution in [-0.2, 0) is 0 Å². The molecule has 2 rings (SSSR count). The predicted octanol–water partition coefficient (Wildman–Crippen LogP) is 5.37. The Morgan fingerprint density at radius 3 is 2.56 bits per heavy atom. The molecule has 0 aliphatic carbocycles. The number of nitrogens with one attached hydrogen (secondary N) is 1. The van der Waals surface area contributed by atoms with Crippen LogP contribution in [0.4, 0.5) is 4.39 Å². The predicted molar refractivity (Wildman–Crippen MR) is 82.0 cm³/mol. The highest BCUT2D eigenvalue weighted by molar-refractivity contribution is 9.11. The lowest BCUT2D eigenvalue weighted by molar-refractivity contribution is 0.611. The van der Waals surface area contributed by atoms with Crippen LogP contribution in [-0.4, -0.2) is 7.05 Å². The van der Waals surface area contributed by atoms with E-state index in [9.17, 15) is 4.39 Å². The molecule has 0 aliphatic rings. The maximum Gasteiger partial charge on any atom is 0.137 e. The van der Waals surface area contributed by atoms with E-state index in [4.69, 9.17) is 11.6 Å². The first-order valence-corrected chi connectivity index (χ1v) is 7.88. The molecule has 1 aromatic carbocycles. The summed E-state index contributed by atoms with van der Waals surface area (Å²) in [6, 6.07) is 6.93. The van der Waals surface area contributed by atoms with Gasteiger partial charge in [-0.1, -0.05) is 17.7 Å². The number of thiophene rings is 1. The van der Waals surface area contributed by atoms with Crippen molar-refractivity contribution in [2.45, 2.75) is 6.04 Å². The Morgan fingerprint density at radius 2 is 2.06 bits per heavy atom. The van der Waals surface area contributed by atoms with Crippen LogP contribution in [0, 0.1) is 5.82 Å². The molecule has 96 valence electrons. The van der Waals surface area contributed by atoms with Crippen LogP contribution < -0.4 is 5.32 Å². The lowest BCUT2D eigenvalue weighted by Gasteiger charge is -2.15. The van der Waals surface area contributed by atoms with E-state index in [0.29, 0.717) is 9.50 Å². The fourth-order valence-corrected chi connectivity index (χ4v) is 3.80. The standard InChI is InChI=1S/C12H9Br2ClFNS/c1-17-11(10-5-8(15)12(14)18-10)6-2-3-7(13)9(16)4-6/h2-5,11,17H,1H3. The summed E-state index contributed by atoms with van der Waals surface area (Å²) in [5, 5.41) is 3.84. The first kappa shape index (κ1) is 14.5. The summed E-state index contributed by atoms with van der Waals surface area (Å²) < 4.78 is 14.9. The van der Waals surface area contributed by atoms with Gasteiger partial charge >= 0.3 is 0 Å². The Hall–Kier alpha value is 0.0600. The van der Waals surface area contributed by atoms with E-state index in [2.05, 4.69) is 37.2 Å². The first-order chi connectivity index (χ1) is 8.52. The molecular weight excluding hydrogens is 404 g/mol. The smallest absolute Gasteiger partial charge is 0.137 e. The van der Waals surface area contributed by atoms with Crippen molar-refractivity contribution in [2.75, 3.05) is 7.05 Å². The summed E-state index contributed by atoms with van der Waals surface area (Å²) >= 11 is 14.1. The summed E-state index contributed by atoms with van der Waals surface area (Å²) in [6.45, 7) is 0. The average molecular weight is 414 g/mol. The van der Waals surface area contributed by atoms with Gasteiger partial charge in [0.15, 0.2) is 0 Å². The van der Waals surface area contributed by atoms with Crippen molar-refractivity contribution in [1.82, 2.24) is 5.32 Å².